The third kappa shape index (κ3) is 7.28. The van der Waals surface area contributed by atoms with Crippen molar-refractivity contribution in [1.29, 1.82) is 0 Å². The van der Waals surface area contributed by atoms with E-state index in [1.165, 1.54) is 0 Å². The van der Waals surface area contributed by atoms with Crippen molar-refractivity contribution < 1.29 is 14.0 Å². The minimum atomic E-state index is -2.01. The minimum Gasteiger partial charge on any atom is -0.412 e. The lowest BCUT2D eigenvalue weighted by molar-refractivity contribution is -0.108. The van der Waals surface area contributed by atoms with Gasteiger partial charge in [-0.15, -0.1) is 0 Å². The first-order chi connectivity index (χ1) is 22.5. The largest absolute Gasteiger partial charge is 0.412 e. The Kier molecular flexibility index (Phi) is 11.4. The summed E-state index contributed by atoms with van der Waals surface area (Å²) < 4.78 is 14.2. The third-order valence-corrected chi connectivity index (χ3v) is 16.6. The van der Waals surface area contributed by atoms with Crippen LogP contribution in [0.15, 0.2) is 106 Å². The molecule has 4 aromatic carbocycles. The van der Waals surface area contributed by atoms with E-state index in [1.54, 1.807) is 7.11 Å². The molecule has 0 aliphatic heterocycles. The van der Waals surface area contributed by atoms with E-state index in [4.69, 9.17) is 9.16 Å². The Bertz CT molecular complexity index is 1750. The molecule has 0 unspecified atom stereocenters. The van der Waals surface area contributed by atoms with Gasteiger partial charge < -0.3 is 9.16 Å². The lowest BCUT2D eigenvalue weighted by Gasteiger charge is -2.42. The van der Waals surface area contributed by atoms with Gasteiger partial charge in [-0.1, -0.05) is 146 Å². The Labute approximate surface area is 298 Å². The summed E-state index contributed by atoms with van der Waals surface area (Å²) in [5.74, 6) is 0.0233. The number of methoxy groups -OCH3 is 1. The van der Waals surface area contributed by atoms with Crippen LogP contribution in [-0.4, -0.2) is 21.2 Å². The quantitative estimate of drug-likeness (QED) is 0.135. The van der Waals surface area contributed by atoms with Crippen LogP contribution in [0.4, 0.5) is 0 Å². The van der Waals surface area contributed by atoms with E-state index in [1.807, 2.05) is 48.5 Å². The first kappa shape index (κ1) is 35.4. The highest BCUT2D eigenvalue weighted by Crippen LogP contribution is 2.50. The summed E-state index contributed by atoms with van der Waals surface area (Å²) in [6.07, 6.45) is 0. The molecule has 0 N–H and O–H groups in total. The first-order valence-corrected chi connectivity index (χ1v) is 20.1. The van der Waals surface area contributed by atoms with Gasteiger partial charge in [-0.25, -0.2) is 0 Å². The highest BCUT2D eigenvalue weighted by atomic mass is 79.9. The second-order valence-corrected chi connectivity index (χ2v) is 20.6. The zero-order valence-electron chi connectivity index (χ0n) is 28.4. The number of carbonyl (C=O) groups excluding carboxylic acids is 1. The number of ketones is 1. The van der Waals surface area contributed by atoms with Crippen molar-refractivity contribution in [2.75, 3.05) is 7.11 Å². The number of carbonyl (C=O) groups is 1. The Morgan fingerprint density at radius 2 is 0.830 bits per heavy atom. The number of halogens is 2. The monoisotopic (exact) mass is 770 g/mol. The lowest BCUT2D eigenvalue weighted by Crippen LogP contribution is -2.47. The molecule has 1 aliphatic rings. The molecule has 4 aromatic rings. The van der Waals surface area contributed by atoms with Gasteiger partial charge in [0.15, 0.2) is 5.78 Å². The minimum absolute atomic E-state index is 0.0233. The molecule has 1 aliphatic carbocycles. The van der Waals surface area contributed by atoms with Gasteiger partial charge in [-0.3, -0.25) is 4.79 Å². The van der Waals surface area contributed by atoms with Gasteiger partial charge >= 0.3 is 0 Å². The van der Waals surface area contributed by atoms with E-state index < -0.39 is 8.32 Å². The summed E-state index contributed by atoms with van der Waals surface area (Å²) in [5, 5.41) is 0. The van der Waals surface area contributed by atoms with E-state index in [-0.39, 0.29) is 5.78 Å². The van der Waals surface area contributed by atoms with Crippen LogP contribution in [-0.2, 0) is 27.2 Å². The highest BCUT2D eigenvalue weighted by molar-refractivity contribution is 9.10. The van der Waals surface area contributed by atoms with Gasteiger partial charge in [0.2, 0.25) is 8.32 Å². The first-order valence-electron chi connectivity index (χ1n) is 16.3. The molecular formula is C41H44Br2O3Si. The Hall–Kier alpha value is -2.87. The van der Waals surface area contributed by atoms with Gasteiger partial charge in [0.05, 0.1) is 13.2 Å². The lowest BCUT2D eigenvalue weighted by atomic mass is 9.89. The molecule has 0 atom stereocenters. The zero-order chi connectivity index (χ0) is 33.9. The smallest absolute Gasteiger partial charge is 0.200 e. The van der Waals surface area contributed by atoms with Crippen molar-refractivity contribution in [2.45, 2.75) is 71.4 Å². The van der Waals surface area contributed by atoms with Crippen molar-refractivity contribution in [2.24, 2.45) is 0 Å². The van der Waals surface area contributed by atoms with E-state index in [2.05, 4.69) is 122 Å². The molecule has 6 heteroatoms. The Balaban J connectivity index is 1.64. The molecule has 5 rings (SSSR count). The number of Topliss-reactive ketones (excluding diaryl/α,β-unsaturated/α-hetero) is 1. The maximum atomic E-state index is 14.8. The van der Waals surface area contributed by atoms with Crippen molar-refractivity contribution >= 4 is 68.3 Å². The van der Waals surface area contributed by atoms with Crippen molar-refractivity contribution in [3.63, 3.8) is 0 Å². The number of rotatable bonds is 12. The van der Waals surface area contributed by atoms with Crippen LogP contribution in [0, 0.1) is 0 Å². The summed E-state index contributed by atoms with van der Waals surface area (Å²) in [7, 11) is -0.320. The molecule has 0 heterocycles. The second-order valence-electron chi connectivity index (χ2n) is 13.3. The number of ether oxygens (including phenoxy) is 1. The Morgan fingerprint density at radius 1 is 0.511 bits per heavy atom. The van der Waals surface area contributed by atoms with Crippen molar-refractivity contribution in [3.8, 4) is 0 Å². The maximum absolute atomic E-state index is 14.8. The fourth-order valence-corrected chi connectivity index (χ4v) is 13.3. The van der Waals surface area contributed by atoms with Crippen LogP contribution in [0.2, 0.25) is 16.6 Å². The van der Waals surface area contributed by atoms with Gasteiger partial charge in [0.25, 0.3) is 0 Å². The number of allylic oxidation sites excluding steroid dienone is 4. The summed E-state index contributed by atoms with van der Waals surface area (Å²) in [6.45, 7) is 15.0. The molecule has 47 heavy (non-hydrogen) atoms. The van der Waals surface area contributed by atoms with E-state index in [9.17, 15) is 4.79 Å². The fraction of sp³-hybridized carbons (Fsp3) is 0.293. The van der Waals surface area contributed by atoms with E-state index in [0.29, 0.717) is 41.0 Å². The zero-order valence-corrected chi connectivity index (χ0v) is 32.5. The summed E-state index contributed by atoms with van der Waals surface area (Å²) in [5.41, 5.74) is 10.8. The van der Waals surface area contributed by atoms with Crippen LogP contribution in [0.5, 0.6) is 0 Å². The van der Waals surface area contributed by atoms with Crippen LogP contribution in [0.25, 0.3) is 22.3 Å². The van der Waals surface area contributed by atoms with Crippen LogP contribution in [0.1, 0.15) is 74.9 Å². The average Bonchev–Trinajstić information content (AvgIpc) is 3.35. The second kappa shape index (κ2) is 15.1. The molecule has 0 radical (unpaired) electrons. The summed E-state index contributed by atoms with van der Waals surface area (Å²) in [6, 6.07) is 33.1. The van der Waals surface area contributed by atoms with E-state index >= 15 is 0 Å². The summed E-state index contributed by atoms with van der Waals surface area (Å²) in [4.78, 5) is 14.8. The van der Waals surface area contributed by atoms with Gasteiger partial charge in [0, 0.05) is 38.3 Å². The molecule has 0 fully saturated rings. The number of benzene rings is 4. The van der Waals surface area contributed by atoms with Crippen LogP contribution < -0.4 is 0 Å². The predicted molar refractivity (Wildman–Crippen MR) is 206 cm³/mol. The molecule has 3 nitrogen and oxygen atoms in total. The fourth-order valence-electron chi connectivity index (χ4n) is 7.37. The number of hydrogen-bond acceptors (Lipinski definition) is 3. The average molecular weight is 773 g/mol. The topological polar surface area (TPSA) is 35.5 Å². The predicted octanol–water partition coefficient (Wildman–Crippen LogP) is 12.2. The maximum Gasteiger partial charge on any atom is 0.200 e. The molecule has 0 saturated carbocycles. The molecule has 0 spiro atoms. The highest BCUT2D eigenvalue weighted by Gasteiger charge is 2.45. The molecule has 0 amide bonds. The van der Waals surface area contributed by atoms with Crippen molar-refractivity contribution in [3.05, 3.63) is 139 Å². The molecule has 0 saturated heterocycles. The standard InChI is InChI=1S/C41H44Br2O3Si/c1-26(2)47(27(3)4,28(5)6)46-25-30-10-14-34(15-11-30)40-38(32-18-22-36(43)23-19-32)37(31-16-20-35(42)21-17-31)39(41(40)44)33-12-8-29(9-13-33)24-45-7/h8-23,26-28H,24-25H2,1-7H3. The molecule has 0 bridgehead atoms. The number of hydrogen-bond donors (Lipinski definition) is 0. The molecule has 0 aromatic heterocycles. The third-order valence-electron chi connectivity index (χ3n) is 9.46. The summed E-state index contributed by atoms with van der Waals surface area (Å²) >= 11 is 7.21. The van der Waals surface area contributed by atoms with Gasteiger partial charge in [-0.2, -0.15) is 0 Å². The normalized spacial score (nSPS) is 14.0. The van der Waals surface area contributed by atoms with Crippen LogP contribution in [0.3, 0.4) is 0 Å². The van der Waals surface area contributed by atoms with E-state index in [0.717, 1.165) is 53.5 Å². The van der Waals surface area contributed by atoms with Crippen molar-refractivity contribution in [1.82, 2.24) is 0 Å². The molecule has 244 valence electrons. The van der Waals surface area contributed by atoms with Gasteiger partial charge in [-0.05, 0) is 74.3 Å². The molecular weight excluding hydrogens is 728 g/mol. The SMILES string of the molecule is COCc1ccc(C2=C(c3ccc(Br)cc3)C(c3ccc(Br)cc3)=C(c3ccc(CO[Si](C(C)C)(C(C)C)C(C)C)cc3)C2=O)cc1. The van der Waals surface area contributed by atoms with Gasteiger partial charge in [0.1, 0.15) is 0 Å². The van der Waals surface area contributed by atoms with Crippen LogP contribution >= 0.6 is 31.9 Å². The Morgan fingerprint density at radius 3 is 1.17 bits per heavy atom.